The molecule has 2 aliphatic rings. The molecule has 39 heavy (non-hydrogen) atoms. The zero-order valence-electron chi connectivity index (χ0n) is 24.6. The average molecular weight is 624 g/mol. The Bertz CT molecular complexity index is 1100. The van der Waals surface area contributed by atoms with Crippen LogP contribution in [0.1, 0.15) is 25.0 Å². The molecule has 2 aromatic carbocycles. The maximum atomic E-state index is 12.4. The normalized spacial score (nSPS) is 17.5. The summed E-state index contributed by atoms with van der Waals surface area (Å²) in [6.45, 7) is 17.5. The summed E-state index contributed by atoms with van der Waals surface area (Å²) in [7, 11) is 2.05. The van der Waals surface area contributed by atoms with Gasteiger partial charge >= 0.3 is 0 Å². The van der Waals surface area contributed by atoms with E-state index < -0.39 is 7.14 Å². The van der Waals surface area contributed by atoms with E-state index in [0.29, 0.717) is 5.69 Å². The second-order valence-corrected chi connectivity index (χ2v) is 15.2. The Kier molecular flexibility index (Phi) is 13.6. The number of halogens is 1. The van der Waals surface area contributed by atoms with E-state index in [0.717, 1.165) is 86.5 Å². The molecule has 0 radical (unpaired) electrons. The Morgan fingerprint density at radius 2 is 1.15 bits per heavy atom. The molecule has 8 nitrogen and oxygen atoms in total. The van der Waals surface area contributed by atoms with E-state index >= 15 is 0 Å². The molecule has 4 N–H and O–H groups in total. The van der Waals surface area contributed by atoms with Crippen LogP contribution in [0.5, 0.6) is 0 Å². The number of piperazine rings is 2. The minimum atomic E-state index is -2.28. The molecule has 0 aliphatic carbocycles. The summed E-state index contributed by atoms with van der Waals surface area (Å²) in [5.74, 6) is 0.167. The Balaban J connectivity index is 0.000000243. The molecular formula is C29H48BrN6O2P. The molecule has 2 aliphatic heterocycles. The molecule has 2 fully saturated rings. The summed E-state index contributed by atoms with van der Waals surface area (Å²) in [4.78, 5) is 19.1. The Morgan fingerprint density at radius 3 is 1.56 bits per heavy atom. The van der Waals surface area contributed by atoms with E-state index in [2.05, 4.69) is 55.7 Å². The smallest absolute Gasteiger partial charge is 0.126 e. The molecule has 2 saturated heterocycles. The number of nitrogens with two attached hydrogens (primary N) is 2. The first-order valence-corrected chi connectivity index (χ1v) is 16.9. The van der Waals surface area contributed by atoms with Gasteiger partial charge in [-0.2, -0.15) is 0 Å². The van der Waals surface area contributed by atoms with Gasteiger partial charge in [0, 0.05) is 86.6 Å². The number of hydrogen-bond donors (Lipinski definition) is 2. The number of likely N-dealkylation sites (N-methyl/N-ethyl adjacent to an activating group) is 2. The molecular weight excluding hydrogens is 575 g/mol. The van der Waals surface area contributed by atoms with Crippen molar-refractivity contribution in [2.24, 2.45) is 0 Å². The molecule has 218 valence electrons. The summed E-state index contributed by atoms with van der Waals surface area (Å²) in [6, 6.07) is 11.9. The molecule has 0 unspecified atom stereocenters. The van der Waals surface area contributed by atoms with E-state index in [1.807, 2.05) is 43.7 Å². The highest BCUT2D eigenvalue weighted by atomic mass is 79.9. The number of nitrogens with zero attached hydrogens (tertiary/aromatic N) is 4. The molecule has 0 spiro atoms. The van der Waals surface area contributed by atoms with Gasteiger partial charge in [0.25, 0.3) is 0 Å². The van der Waals surface area contributed by atoms with Gasteiger partial charge in [-0.25, -0.2) is 0 Å². The van der Waals surface area contributed by atoms with Crippen molar-refractivity contribution < 1.29 is 9.36 Å². The van der Waals surface area contributed by atoms with Crippen molar-refractivity contribution in [2.75, 3.05) is 91.3 Å². The van der Waals surface area contributed by atoms with E-state index in [-0.39, 0.29) is 5.78 Å². The van der Waals surface area contributed by atoms with E-state index in [9.17, 15) is 9.36 Å². The fraction of sp³-hybridized carbons (Fsp3) is 0.552. The molecule has 0 aromatic heterocycles. The van der Waals surface area contributed by atoms with Crippen molar-refractivity contribution in [3.8, 4) is 0 Å². The van der Waals surface area contributed by atoms with E-state index in [1.165, 1.54) is 19.4 Å². The van der Waals surface area contributed by atoms with E-state index in [4.69, 9.17) is 11.5 Å². The summed E-state index contributed by atoms with van der Waals surface area (Å²) < 4.78 is 13.5. The van der Waals surface area contributed by atoms with Crippen molar-refractivity contribution in [3.05, 3.63) is 52.0 Å². The maximum absolute atomic E-state index is 12.4. The highest BCUT2D eigenvalue weighted by molar-refractivity contribution is 9.10. The number of carbonyl (C=O) groups excluding carboxylic acids is 1. The largest absolute Gasteiger partial charge is 0.399 e. The fourth-order valence-corrected chi connectivity index (χ4v) is 6.22. The lowest BCUT2D eigenvalue weighted by molar-refractivity contribution is -0.114. The lowest BCUT2D eigenvalue weighted by Crippen LogP contribution is -2.44. The summed E-state index contributed by atoms with van der Waals surface area (Å²) in [5, 5.41) is 0.937. The van der Waals surface area contributed by atoms with Gasteiger partial charge in [0.1, 0.15) is 12.9 Å². The molecule has 4 rings (SSSR count). The van der Waals surface area contributed by atoms with Crippen LogP contribution in [-0.4, -0.2) is 105 Å². The van der Waals surface area contributed by atoms with Crippen molar-refractivity contribution in [3.63, 3.8) is 0 Å². The molecule has 0 atom stereocenters. The molecule has 0 amide bonds. The number of hydrogen-bond acceptors (Lipinski definition) is 8. The Labute approximate surface area is 244 Å². The number of Topliss-reactive ketones (excluding diaryl/α,β-unsaturated/α-hetero) is 1. The lowest BCUT2D eigenvalue weighted by Gasteiger charge is -2.33. The van der Waals surface area contributed by atoms with Crippen LogP contribution in [0.4, 0.5) is 11.4 Å². The molecule has 2 aromatic rings. The van der Waals surface area contributed by atoms with Gasteiger partial charge in [0.2, 0.25) is 0 Å². The number of nitrogen functional groups attached to an aromatic ring is 2. The number of carbonyl (C=O) groups is 1. The molecule has 10 heteroatoms. The lowest BCUT2D eigenvalue weighted by atomic mass is 10.2. The van der Waals surface area contributed by atoms with Gasteiger partial charge in [0.05, 0.1) is 0 Å². The monoisotopic (exact) mass is 622 g/mol. The summed E-state index contributed by atoms with van der Waals surface area (Å²) in [5.41, 5.74) is 15.5. The highest BCUT2D eigenvalue weighted by Gasteiger charge is 2.20. The quantitative estimate of drug-likeness (QED) is 0.385. The molecule has 2 heterocycles. The third kappa shape index (κ3) is 12.5. The van der Waals surface area contributed by atoms with Crippen LogP contribution < -0.4 is 16.8 Å². The van der Waals surface area contributed by atoms with Gasteiger partial charge in [-0.3, -0.25) is 9.80 Å². The van der Waals surface area contributed by atoms with Crippen LogP contribution in [0, 0.1) is 0 Å². The zero-order valence-corrected chi connectivity index (χ0v) is 27.1. The summed E-state index contributed by atoms with van der Waals surface area (Å²) in [6.07, 6.45) is 0. The standard InChI is InChI=1S/C14H24N3OP.C12H18BrN3.C3H6O/c1-16-6-8-17(9-7-16)11-12-4-5-13(15)10-14(12)19(2,3)18;1-15-4-6-16(7-5-15)9-10-2-3-11(14)8-12(10)13;1-3(2)4/h4-5,10H,6-9,11,15H2,1-3H3;2-3,8H,4-7,9,14H2,1H3;1-2H3. The number of rotatable bonds is 5. The van der Waals surface area contributed by atoms with Crippen LogP contribution >= 0.6 is 23.1 Å². The van der Waals surface area contributed by atoms with Gasteiger partial charge in [-0.05, 0) is 76.7 Å². The average Bonchev–Trinajstić information content (AvgIpc) is 2.84. The first-order chi connectivity index (χ1) is 18.2. The van der Waals surface area contributed by atoms with Crippen molar-refractivity contribution in [1.82, 2.24) is 19.6 Å². The minimum Gasteiger partial charge on any atom is -0.399 e. The fourth-order valence-electron chi connectivity index (χ4n) is 4.40. The minimum absolute atomic E-state index is 0.167. The third-order valence-electron chi connectivity index (χ3n) is 6.75. The number of anilines is 2. The predicted octanol–water partition coefficient (Wildman–Crippen LogP) is 3.64. The Morgan fingerprint density at radius 1 is 0.769 bits per heavy atom. The van der Waals surface area contributed by atoms with Crippen LogP contribution in [0.25, 0.3) is 0 Å². The number of benzene rings is 2. The first-order valence-electron chi connectivity index (χ1n) is 13.5. The Hall–Kier alpha value is -1.74. The van der Waals surface area contributed by atoms with E-state index in [1.54, 1.807) is 0 Å². The molecule has 0 saturated carbocycles. The maximum Gasteiger partial charge on any atom is 0.126 e. The van der Waals surface area contributed by atoms with Gasteiger partial charge in [-0.1, -0.05) is 28.1 Å². The van der Waals surface area contributed by atoms with Gasteiger partial charge < -0.3 is 30.6 Å². The van der Waals surface area contributed by atoms with Crippen LogP contribution in [0.15, 0.2) is 40.9 Å². The molecule has 0 bridgehead atoms. The summed E-state index contributed by atoms with van der Waals surface area (Å²) >= 11 is 3.57. The van der Waals surface area contributed by atoms with Gasteiger partial charge in [-0.15, -0.1) is 0 Å². The zero-order chi connectivity index (χ0) is 29.2. The highest BCUT2D eigenvalue weighted by Crippen LogP contribution is 2.37. The third-order valence-corrected chi connectivity index (χ3v) is 9.06. The topological polar surface area (TPSA) is 99.1 Å². The van der Waals surface area contributed by atoms with Crippen molar-refractivity contribution in [1.29, 1.82) is 0 Å². The predicted molar refractivity (Wildman–Crippen MR) is 170 cm³/mol. The van der Waals surface area contributed by atoms with Crippen LogP contribution in [0.3, 0.4) is 0 Å². The second kappa shape index (κ2) is 15.9. The van der Waals surface area contributed by atoms with Crippen LogP contribution in [0.2, 0.25) is 0 Å². The SMILES string of the molecule is CC(C)=O.CN1CCN(Cc2ccc(N)cc2Br)CC1.CN1CCN(Cc2ccc(N)cc2P(C)(C)=O)CC1. The van der Waals surface area contributed by atoms with Crippen LogP contribution in [-0.2, 0) is 22.4 Å². The number of ketones is 1. The van der Waals surface area contributed by atoms with Crippen molar-refractivity contribution in [2.45, 2.75) is 26.9 Å². The van der Waals surface area contributed by atoms with Crippen molar-refractivity contribution >= 4 is 45.5 Å². The van der Waals surface area contributed by atoms with Gasteiger partial charge in [0.15, 0.2) is 0 Å². The first kappa shape index (κ1) is 33.5. The second-order valence-electron chi connectivity index (χ2n) is 11.2.